The predicted molar refractivity (Wildman–Crippen MR) is 69.4 cm³/mol. The minimum atomic E-state index is -3.87. The SMILES string of the molecule is CCC(=O)NNS(=O)(=O)c1cc(Br)ccc1OC. The van der Waals surface area contributed by atoms with Gasteiger partial charge in [-0.15, -0.1) is 4.83 Å². The molecule has 18 heavy (non-hydrogen) atoms. The van der Waals surface area contributed by atoms with Gasteiger partial charge in [0.15, 0.2) is 0 Å². The Morgan fingerprint density at radius 2 is 2.11 bits per heavy atom. The maximum absolute atomic E-state index is 12.0. The molecule has 0 aromatic heterocycles. The van der Waals surface area contributed by atoms with Gasteiger partial charge >= 0.3 is 0 Å². The second kappa shape index (κ2) is 6.17. The number of hydrogen-bond acceptors (Lipinski definition) is 4. The average molecular weight is 337 g/mol. The molecule has 0 aliphatic rings. The van der Waals surface area contributed by atoms with Crippen molar-refractivity contribution in [2.75, 3.05) is 7.11 Å². The number of benzene rings is 1. The van der Waals surface area contributed by atoms with Crippen LogP contribution in [0.4, 0.5) is 0 Å². The van der Waals surface area contributed by atoms with Crippen LogP contribution in [0, 0.1) is 0 Å². The summed E-state index contributed by atoms with van der Waals surface area (Å²) in [5, 5.41) is 0. The highest BCUT2D eigenvalue weighted by molar-refractivity contribution is 9.10. The number of rotatable bonds is 5. The van der Waals surface area contributed by atoms with Crippen LogP contribution >= 0.6 is 15.9 Å². The Bertz CT molecular complexity index is 545. The number of methoxy groups -OCH3 is 1. The topological polar surface area (TPSA) is 84.5 Å². The van der Waals surface area contributed by atoms with Crippen LogP contribution in [0.5, 0.6) is 5.75 Å². The quantitative estimate of drug-likeness (QED) is 0.790. The monoisotopic (exact) mass is 336 g/mol. The Morgan fingerprint density at radius 1 is 1.44 bits per heavy atom. The minimum absolute atomic E-state index is 0.0595. The molecule has 6 nitrogen and oxygen atoms in total. The Hall–Kier alpha value is -1.12. The lowest BCUT2D eigenvalue weighted by atomic mass is 10.3. The third-order valence-corrected chi connectivity index (χ3v) is 3.82. The zero-order valence-corrected chi connectivity index (χ0v) is 12.3. The van der Waals surface area contributed by atoms with Crippen molar-refractivity contribution in [3.8, 4) is 5.75 Å². The van der Waals surface area contributed by atoms with E-state index in [9.17, 15) is 13.2 Å². The largest absolute Gasteiger partial charge is 0.495 e. The Morgan fingerprint density at radius 3 is 2.67 bits per heavy atom. The summed E-state index contributed by atoms with van der Waals surface area (Å²) < 4.78 is 29.5. The van der Waals surface area contributed by atoms with Crippen molar-refractivity contribution < 1.29 is 17.9 Å². The van der Waals surface area contributed by atoms with Crippen LogP contribution in [0.15, 0.2) is 27.6 Å². The van der Waals surface area contributed by atoms with Crippen LogP contribution in [-0.2, 0) is 14.8 Å². The van der Waals surface area contributed by atoms with Gasteiger partial charge in [-0.05, 0) is 18.2 Å². The summed E-state index contributed by atoms with van der Waals surface area (Å²) in [6, 6.07) is 4.56. The van der Waals surface area contributed by atoms with E-state index < -0.39 is 15.9 Å². The first-order chi connectivity index (χ1) is 8.40. The number of hydrogen-bond donors (Lipinski definition) is 2. The highest BCUT2D eigenvalue weighted by atomic mass is 79.9. The molecule has 0 saturated carbocycles. The van der Waals surface area contributed by atoms with Gasteiger partial charge in [0.25, 0.3) is 10.0 Å². The first-order valence-corrected chi connectivity index (χ1v) is 7.32. The summed E-state index contributed by atoms with van der Waals surface area (Å²) in [7, 11) is -2.50. The number of carbonyl (C=O) groups excluding carboxylic acids is 1. The summed E-state index contributed by atoms with van der Waals surface area (Å²) in [4.78, 5) is 13.0. The molecule has 1 aromatic carbocycles. The van der Waals surface area contributed by atoms with Crippen molar-refractivity contribution >= 4 is 31.9 Å². The normalized spacial score (nSPS) is 11.1. The standard InChI is InChI=1S/C10H13BrN2O4S/c1-3-10(14)12-13-18(15,16)9-6-7(11)4-5-8(9)17-2/h4-6,13H,3H2,1-2H3,(H,12,14). The summed E-state index contributed by atoms with van der Waals surface area (Å²) in [5.74, 6) is -0.232. The maximum Gasteiger partial charge on any atom is 0.261 e. The number of carbonyl (C=O) groups is 1. The number of sulfonamides is 1. The van der Waals surface area contributed by atoms with Gasteiger partial charge in [-0.1, -0.05) is 22.9 Å². The van der Waals surface area contributed by atoms with Gasteiger partial charge in [0.05, 0.1) is 7.11 Å². The third-order valence-electron chi connectivity index (χ3n) is 2.06. The van der Waals surface area contributed by atoms with Crippen LogP contribution in [0.2, 0.25) is 0 Å². The van der Waals surface area contributed by atoms with E-state index in [0.29, 0.717) is 4.47 Å². The van der Waals surface area contributed by atoms with Crippen LogP contribution in [-0.4, -0.2) is 21.4 Å². The van der Waals surface area contributed by atoms with E-state index in [1.807, 2.05) is 4.83 Å². The third kappa shape index (κ3) is 3.69. The van der Waals surface area contributed by atoms with Crippen molar-refractivity contribution in [3.63, 3.8) is 0 Å². The van der Waals surface area contributed by atoms with Crippen molar-refractivity contribution in [1.82, 2.24) is 10.3 Å². The molecule has 0 radical (unpaired) electrons. The molecule has 0 spiro atoms. The lowest BCUT2D eigenvalue weighted by Gasteiger charge is -2.11. The molecule has 0 bridgehead atoms. The molecule has 8 heteroatoms. The van der Waals surface area contributed by atoms with E-state index in [0.717, 1.165) is 0 Å². The Kier molecular flexibility index (Phi) is 5.12. The molecule has 0 aliphatic carbocycles. The molecule has 0 unspecified atom stereocenters. The van der Waals surface area contributed by atoms with Crippen LogP contribution in [0.1, 0.15) is 13.3 Å². The van der Waals surface area contributed by atoms with Crippen molar-refractivity contribution in [3.05, 3.63) is 22.7 Å². The zero-order chi connectivity index (χ0) is 13.8. The number of hydrazine groups is 1. The van der Waals surface area contributed by atoms with Crippen LogP contribution < -0.4 is 15.0 Å². The molecule has 0 aliphatic heterocycles. The number of ether oxygens (including phenoxy) is 1. The fourth-order valence-corrected chi connectivity index (χ4v) is 2.70. The fraction of sp³-hybridized carbons (Fsp3) is 0.300. The van der Waals surface area contributed by atoms with E-state index in [-0.39, 0.29) is 17.1 Å². The van der Waals surface area contributed by atoms with E-state index >= 15 is 0 Å². The molecular formula is C10H13BrN2O4S. The van der Waals surface area contributed by atoms with E-state index in [1.165, 1.54) is 19.2 Å². The second-order valence-corrected chi connectivity index (χ2v) is 5.87. The lowest BCUT2D eigenvalue weighted by Crippen LogP contribution is -2.41. The predicted octanol–water partition coefficient (Wildman–Crippen LogP) is 1.18. The average Bonchev–Trinajstić information content (AvgIpc) is 2.36. The van der Waals surface area contributed by atoms with Gasteiger partial charge in [0, 0.05) is 10.9 Å². The molecule has 0 saturated heterocycles. The van der Waals surface area contributed by atoms with E-state index in [1.54, 1.807) is 13.0 Å². The van der Waals surface area contributed by atoms with E-state index in [2.05, 4.69) is 21.4 Å². The minimum Gasteiger partial charge on any atom is -0.495 e. The number of amides is 1. The number of halogens is 1. The van der Waals surface area contributed by atoms with Gasteiger partial charge in [0.2, 0.25) is 5.91 Å². The van der Waals surface area contributed by atoms with Crippen LogP contribution in [0.25, 0.3) is 0 Å². The summed E-state index contributed by atoms with van der Waals surface area (Å²) >= 11 is 3.18. The molecule has 0 heterocycles. The van der Waals surface area contributed by atoms with Gasteiger partial charge < -0.3 is 4.74 Å². The molecule has 1 amide bonds. The van der Waals surface area contributed by atoms with Crippen molar-refractivity contribution in [1.29, 1.82) is 0 Å². The highest BCUT2D eigenvalue weighted by Crippen LogP contribution is 2.26. The molecule has 0 fully saturated rings. The van der Waals surface area contributed by atoms with Gasteiger partial charge in [-0.3, -0.25) is 10.2 Å². The van der Waals surface area contributed by atoms with Crippen LogP contribution in [0.3, 0.4) is 0 Å². The molecule has 1 aromatic rings. The second-order valence-electron chi connectivity index (χ2n) is 3.30. The molecule has 100 valence electrons. The first-order valence-electron chi connectivity index (χ1n) is 5.05. The summed E-state index contributed by atoms with van der Waals surface area (Å²) in [6.07, 6.45) is 0.179. The fourth-order valence-electron chi connectivity index (χ4n) is 1.13. The van der Waals surface area contributed by atoms with E-state index in [4.69, 9.17) is 4.74 Å². The van der Waals surface area contributed by atoms with Gasteiger partial charge in [-0.25, -0.2) is 8.42 Å². The lowest BCUT2D eigenvalue weighted by molar-refractivity contribution is -0.121. The smallest absolute Gasteiger partial charge is 0.261 e. The first kappa shape index (κ1) is 14.9. The van der Waals surface area contributed by atoms with Crippen molar-refractivity contribution in [2.45, 2.75) is 18.2 Å². The highest BCUT2D eigenvalue weighted by Gasteiger charge is 2.20. The van der Waals surface area contributed by atoms with Gasteiger partial charge in [0.1, 0.15) is 10.6 Å². The van der Waals surface area contributed by atoms with Gasteiger partial charge in [-0.2, -0.15) is 0 Å². The maximum atomic E-state index is 12.0. The Labute approximate surface area is 114 Å². The molecule has 2 N–H and O–H groups in total. The van der Waals surface area contributed by atoms with Crippen molar-refractivity contribution in [2.24, 2.45) is 0 Å². The molecular weight excluding hydrogens is 324 g/mol. The number of nitrogens with one attached hydrogen (secondary N) is 2. The molecule has 0 atom stereocenters. The summed E-state index contributed by atoms with van der Waals surface area (Å²) in [5.41, 5.74) is 2.09. The molecule has 1 rings (SSSR count). The zero-order valence-electron chi connectivity index (χ0n) is 9.86. The summed E-state index contributed by atoms with van der Waals surface area (Å²) in [6.45, 7) is 1.61. The Balaban J connectivity index is 3.04.